The molecule has 58 heavy (non-hydrogen) atoms. The van der Waals surface area contributed by atoms with Crippen molar-refractivity contribution in [3.63, 3.8) is 0 Å². The van der Waals surface area contributed by atoms with E-state index in [9.17, 15) is 38.9 Å². The average Bonchev–Trinajstić information content (AvgIpc) is 3.43. The summed E-state index contributed by atoms with van der Waals surface area (Å²) in [5, 5.41) is 12.5. The summed E-state index contributed by atoms with van der Waals surface area (Å²) in [4.78, 5) is 2.69. The molecule has 4 N–H and O–H groups in total. The Morgan fingerprint density at radius 3 is 2.14 bits per heavy atom. The Hall–Kier alpha value is -3.17. The lowest BCUT2D eigenvalue weighted by Gasteiger charge is -2.33. The monoisotopic (exact) mass is 881 g/mol. The van der Waals surface area contributed by atoms with Crippen molar-refractivity contribution in [3.8, 4) is 0 Å². The summed E-state index contributed by atoms with van der Waals surface area (Å²) in [6.45, 7) is 13.5. The summed E-state index contributed by atoms with van der Waals surface area (Å²) in [5.74, 6) is -0.702. The van der Waals surface area contributed by atoms with E-state index < -0.39 is 41.2 Å². The summed E-state index contributed by atoms with van der Waals surface area (Å²) in [7, 11) is -12.7. The van der Waals surface area contributed by atoms with Gasteiger partial charge in [-0.05, 0) is 104 Å². The second-order valence-electron chi connectivity index (χ2n) is 16.9. The van der Waals surface area contributed by atoms with Gasteiger partial charge in [0, 0.05) is 52.4 Å². The predicted octanol–water partition coefficient (Wildman–Crippen LogP) is 7.98. The highest BCUT2D eigenvalue weighted by molar-refractivity contribution is 7.94. The molecule has 0 saturated heterocycles. The van der Waals surface area contributed by atoms with E-state index in [1.165, 1.54) is 12.1 Å². The Balaban J connectivity index is 1.51. The molecule has 318 valence electrons. The van der Waals surface area contributed by atoms with Gasteiger partial charge in [0.05, 0.1) is 33.9 Å². The minimum absolute atomic E-state index is 0.108. The van der Waals surface area contributed by atoms with Crippen molar-refractivity contribution in [3.05, 3.63) is 94.7 Å². The van der Waals surface area contributed by atoms with Gasteiger partial charge >= 0.3 is 0 Å². The molecular weight excluding hydrogens is 829 g/mol. The Morgan fingerprint density at radius 2 is 1.50 bits per heavy atom. The Bertz CT molecular complexity index is 2410. The van der Waals surface area contributed by atoms with Crippen LogP contribution in [0.2, 0.25) is 0 Å². The topological polar surface area (TPSA) is 208 Å². The summed E-state index contributed by atoms with van der Waals surface area (Å²) in [5.41, 5.74) is 6.17. The molecule has 3 aliphatic rings. The lowest BCUT2D eigenvalue weighted by molar-refractivity contribution is -0.438. The quantitative estimate of drug-likeness (QED) is 0.0297. The molecule has 14 nitrogen and oxygen atoms in total. The van der Waals surface area contributed by atoms with E-state index in [1.54, 1.807) is 6.07 Å². The van der Waals surface area contributed by atoms with Crippen molar-refractivity contribution in [2.75, 3.05) is 29.5 Å². The first-order chi connectivity index (χ1) is 26.8. The van der Waals surface area contributed by atoms with Gasteiger partial charge < -0.3 is 4.90 Å². The number of anilines is 1. The van der Waals surface area contributed by atoms with E-state index >= 15 is 0 Å². The Labute approximate surface area is 346 Å². The molecule has 0 fully saturated rings. The molecule has 0 unspecified atom stereocenters. The minimum Gasteiger partial charge on any atom is -0.344 e. The highest BCUT2D eigenvalue weighted by Gasteiger charge is 2.45. The van der Waals surface area contributed by atoms with Crippen LogP contribution in [0.25, 0.3) is 0 Å². The highest BCUT2D eigenvalue weighted by Crippen LogP contribution is 2.50. The summed E-state index contributed by atoms with van der Waals surface area (Å²) >= 11 is 0.870. The highest BCUT2D eigenvalue weighted by atomic mass is 32.2. The predicted molar refractivity (Wildman–Crippen MR) is 224 cm³/mol. The molecule has 0 amide bonds. The van der Waals surface area contributed by atoms with Gasteiger partial charge in [-0.15, -0.1) is 4.33 Å². The number of allylic oxidation sites excluding steroid dienone is 8. The number of benzene rings is 2. The molecule has 0 atom stereocenters. The smallest absolute Gasteiger partial charge is 0.294 e. The number of nitrogens with zero attached hydrogens (tertiary/aromatic N) is 2. The molecule has 0 saturated carbocycles. The molecule has 2 heterocycles. The molecule has 2 aromatic carbocycles. The fraction of sp³-hybridized carbons (Fsp3) is 0.475. The zero-order valence-electron chi connectivity index (χ0n) is 33.5. The molecule has 0 spiro atoms. The van der Waals surface area contributed by atoms with Crippen LogP contribution in [-0.4, -0.2) is 79.1 Å². The third-order valence-corrected chi connectivity index (χ3v) is 13.9. The lowest BCUT2D eigenvalue weighted by Crippen LogP contribution is -2.28. The van der Waals surface area contributed by atoms with Gasteiger partial charge in [0.1, 0.15) is 6.54 Å². The molecule has 18 heteroatoms. The van der Waals surface area contributed by atoms with Crippen LogP contribution in [-0.2, 0) is 50.6 Å². The zero-order chi connectivity index (χ0) is 42.9. The third kappa shape index (κ3) is 11.1. The van der Waals surface area contributed by atoms with Gasteiger partial charge in [0.25, 0.3) is 30.4 Å². The van der Waals surface area contributed by atoms with E-state index in [1.807, 2.05) is 48.8 Å². The van der Waals surface area contributed by atoms with Crippen molar-refractivity contribution < 1.29 is 58.1 Å². The zero-order valence-corrected chi connectivity index (χ0v) is 36.8. The molecule has 0 aromatic heterocycles. The number of rotatable bonds is 17. The molecule has 2 aliphatic heterocycles. The normalized spacial score (nSPS) is 20.3. The van der Waals surface area contributed by atoms with E-state index in [0.29, 0.717) is 36.4 Å². The van der Waals surface area contributed by atoms with Gasteiger partial charge in [-0.3, -0.25) is 13.7 Å². The van der Waals surface area contributed by atoms with E-state index in [-0.39, 0.29) is 34.7 Å². The van der Waals surface area contributed by atoms with Crippen LogP contribution in [0.3, 0.4) is 0 Å². The number of unbranched alkanes of at least 4 members (excludes halogenated alkanes) is 2. The first-order valence-electron chi connectivity index (χ1n) is 18.9. The largest absolute Gasteiger partial charge is 0.344 e. The van der Waals surface area contributed by atoms with Crippen molar-refractivity contribution >= 4 is 59.5 Å². The van der Waals surface area contributed by atoms with Crippen molar-refractivity contribution in [2.24, 2.45) is 5.41 Å². The van der Waals surface area contributed by atoms with Gasteiger partial charge in [0.2, 0.25) is 5.69 Å². The maximum Gasteiger partial charge on any atom is 0.294 e. The van der Waals surface area contributed by atoms with E-state index in [0.717, 1.165) is 64.4 Å². The van der Waals surface area contributed by atoms with Crippen molar-refractivity contribution in [2.45, 2.75) is 101 Å². The van der Waals surface area contributed by atoms with E-state index in [4.69, 9.17) is 9.59 Å². The SMILES string of the molecule is CC1(C)CC(/C=C2/N(CCCCS(=O)(=O)O)c3ccc(SOOO)cc3C2(C)C)=CC(=C/C=CC2=[N+](CCCCS(=O)(=O)O)c3ccc(S(=O)(=O)O)cc3C2(C)C)/C1. The Kier molecular flexibility index (Phi) is 13.8. The van der Waals surface area contributed by atoms with Crippen LogP contribution in [0.15, 0.2) is 93.4 Å². The summed E-state index contributed by atoms with van der Waals surface area (Å²) in [6.07, 6.45) is 13.4. The van der Waals surface area contributed by atoms with Crippen LogP contribution >= 0.6 is 12.0 Å². The van der Waals surface area contributed by atoms with Gasteiger partial charge in [-0.25, -0.2) is 5.26 Å². The van der Waals surface area contributed by atoms with Crippen LogP contribution in [0.4, 0.5) is 11.4 Å². The maximum atomic E-state index is 12.1. The first kappa shape index (κ1) is 45.9. The Morgan fingerprint density at radius 1 is 0.828 bits per heavy atom. The molecule has 0 bridgehead atoms. The van der Waals surface area contributed by atoms with Gasteiger partial charge in [0.15, 0.2) is 5.71 Å². The van der Waals surface area contributed by atoms with E-state index in [2.05, 4.69) is 55.9 Å². The first-order valence-corrected chi connectivity index (χ1v) is 24.3. The van der Waals surface area contributed by atoms with Crippen LogP contribution in [0.5, 0.6) is 0 Å². The second kappa shape index (κ2) is 17.4. The molecular formula is C40H53N2O12S4+. The average molecular weight is 882 g/mol. The molecule has 5 rings (SSSR count). The second-order valence-corrected chi connectivity index (χ2v) is 22.2. The van der Waals surface area contributed by atoms with Crippen LogP contribution in [0, 0.1) is 5.41 Å². The minimum atomic E-state index is -4.46. The number of hydrogen-bond donors (Lipinski definition) is 4. The standard InChI is InChI=1S/C40H52N2O12S4/c1-38(2)26-28(12-11-13-36-39(3,4)33-25-31(58(50,51)52)15-17-35(33)41(36)18-7-9-20-56(44,45)46)22-29(27-38)23-37-40(5,6)32-24-30(55-54-53-43)14-16-34(32)42(37)19-8-10-21-57(47,48)49/h11-17,22-25H,7-10,18-21,26-27H2,1-6H3,(H3-,43,44,45,46,47,48,49,50,51,52)/p+1. The van der Waals surface area contributed by atoms with Crippen molar-refractivity contribution in [1.82, 2.24) is 0 Å². The number of hydrogen-bond acceptors (Lipinski definition) is 11. The third-order valence-electron chi connectivity index (χ3n) is 10.9. The fourth-order valence-corrected chi connectivity index (χ4v) is 10.3. The number of fused-ring (bicyclic) bond motifs is 2. The van der Waals surface area contributed by atoms with Crippen LogP contribution in [0.1, 0.15) is 91.2 Å². The molecule has 2 aromatic rings. The molecule has 0 radical (unpaired) electrons. The van der Waals surface area contributed by atoms with Crippen LogP contribution < -0.4 is 4.90 Å². The lowest BCUT2D eigenvalue weighted by atomic mass is 9.74. The van der Waals surface area contributed by atoms with Crippen molar-refractivity contribution in [1.29, 1.82) is 0 Å². The summed E-state index contributed by atoms with van der Waals surface area (Å²) < 4.78 is 105. The fourth-order valence-electron chi connectivity index (χ4n) is 8.27. The molecule has 1 aliphatic carbocycles. The van der Waals surface area contributed by atoms with Gasteiger partial charge in [-0.1, -0.05) is 51.0 Å². The maximum absolute atomic E-state index is 12.1. The summed E-state index contributed by atoms with van der Waals surface area (Å²) in [6, 6.07) is 10.2. The van der Waals surface area contributed by atoms with Gasteiger partial charge in [-0.2, -0.15) is 29.8 Å².